The Balaban J connectivity index is 1.32. The van der Waals surface area contributed by atoms with E-state index in [0.717, 1.165) is 45.4 Å². The third kappa shape index (κ3) is 5.46. The number of hydrogen-bond donors (Lipinski definition) is 1. The quantitative estimate of drug-likeness (QED) is 0.401. The predicted octanol–water partition coefficient (Wildman–Crippen LogP) is 5.79. The molecule has 188 valence electrons. The number of halogens is 1. The summed E-state index contributed by atoms with van der Waals surface area (Å²) < 4.78 is 6.41. The molecule has 0 bridgehead atoms. The summed E-state index contributed by atoms with van der Waals surface area (Å²) in [5, 5.41) is 4.34. The monoisotopic (exact) mass is 551 g/mol. The highest BCUT2D eigenvalue weighted by Crippen LogP contribution is 2.38. The molecule has 1 aromatic carbocycles. The van der Waals surface area contributed by atoms with Gasteiger partial charge in [0.25, 0.3) is 0 Å². The Morgan fingerprint density at radius 3 is 2.42 bits per heavy atom. The van der Waals surface area contributed by atoms with E-state index >= 15 is 0 Å². The lowest BCUT2D eigenvalue weighted by Gasteiger charge is -2.36. The highest BCUT2D eigenvalue weighted by Gasteiger charge is 2.32. The van der Waals surface area contributed by atoms with Crippen molar-refractivity contribution in [2.75, 3.05) is 36.4 Å². The molecule has 3 heterocycles. The van der Waals surface area contributed by atoms with Crippen LogP contribution in [-0.2, 0) is 4.74 Å². The summed E-state index contributed by atoms with van der Waals surface area (Å²) in [4.78, 5) is 38.4. The molecule has 0 radical (unpaired) electrons. The fourth-order valence-electron chi connectivity index (χ4n) is 4.29. The van der Waals surface area contributed by atoms with Gasteiger partial charge >= 0.3 is 6.09 Å². The molecular formula is C27H30BrN5O3. The molecule has 5 rings (SSSR count). The summed E-state index contributed by atoms with van der Waals surface area (Å²) in [6, 6.07) is 9.81. The zero-order chi connectivity index (χ0) is 25.4. The Bertz CT molecular complexity index is 1290. The lowest BCUT2D eigenvalue weighted by molar-refractivity contribution is 0.0240. The molecule has 1 N–H and O–H groups in total. The lowest BCUT2D eigenvalue weighted by atomic mass is 10.0. The topological polar surface area (TPSA) is 87.7 Å². The van der Waals surface area contributed by atoms with Gasteiger partial charge in [-0.15, -0.1) is 0 Å². The fraction of sp³-hybridized carbons (Fsp3) is 0.407. The normalized spacial score (nSPS) is 16.2. The average Bonchev–Trinajstić information content (AvgIpc) is 3.69. The van der Waals surface area contributed by atoms with E-state index in [1.807, 2.05) is 51.1 Å². The van der Waals surface area contributed by atoms with E-state index in [1.165, 1.54) is 0 Å². The van der Waals surface area contributed by atoms with Gasteiger partial charge in [0.05, 0.1) is 28.7 Å². The zero-order valence-corrected chi connectivity index (χ0v) is 22.3. The summed E-state index contributed by atoms with van der Waals surface area (Å²) in [7, 11) is 0. The second-order valence-corrected chi connectivity index (χ2v) is 11.2. The first-order chi connectivity index (χ1) is 17.2. The van der Waals surface area contributed by atoms with Crippen LogP contribution in [0.25, 0.3) is 10.9 Å². The van der Waals surface area contributed by atoms with E-state index < -0.39 is 5.60 Å². The molecule has 2 aromatic heterocycles. The summed E-state index contributed by atoms with van der Waals surface area (Å²) >= 11 is 3.55. The van der Waals surface area contributed by atoms with Crippen LogP contribution in [0, 0.1) is 5.92 Å². The summed E-state index contributed by atoms with van der Waals surface area (Å²) in [6.07, 6.45) is 5.07. The van der Waals surface area contributed by atoms with Crippen molar-refractivity contribution in [3.05, 3.63) is 52.8 Å². The molecule has 9 heteroatoms. The van der Waals surface area contributed by atoms with Crippen LogP contribution < -0.4 is 10.2 Å². The molecule has 2 fully saturated rings. The number of Topliss-reactive ketones (excluding diaryl/α,β-unsaturated/α-hetero) is 1. The Morgan fingerprint density at radius 1 is 1.03 bits per heavy atom. The first-order valence-corrected chi connectivity index (χ1v) is 13.1. The number of ketones is 1. The van der Waals surface area contributed by atoms with Crippen LogP contribution in [0.15, 0.2) is 47.2 Å². The van der Waals surface area contributed by atoms with Crippen molar-refractivity contribution in [1.82, 2.24) is 14.9 Å². The first kappa shape index (κ1) is 24.5. The number of pyridine rings is 2. The molecule has 2 aliphatic rings. The van der Waals surface area contributed by atoms with Crippen molar-refractivity contribution in [2.24, 2.45) is 5.92 Å². The number of ether oxygens (including phenoxy) is 1. The van der Waals surface area contributed by atoms with Gasteiger partial charge in [-0.3, -0.25) is 9.78 Å². The molecule has 36 heavy (non-hydrogen) atoms. The number of amides is 1. The van der Waals surface area contributed by atoms with Gasteiger partial charge in [-0.25, -0.2) is 9.78 Å². The van der Waals surface area contributed by atoms with E-state index in [0.29, 0.717) is 31.7 Å². The summed E-state index contributed by atoms with van der Waals surface area (Å²) in [5.41, 5.74) is 2.49. The highest BCUT2D eigenvalue weighted by atomic mass is 79.9. The molecule has 1 amide bonds. The van der Waals surface area contributed by atoms with Gasteiger partial charge < -0.3 is 19.9 Å². The minimum Gasteiger partial charge on any atom is -0.444 e. The number of benzene rings is 1. The number of nitrogens with one attached hydrogen (secondary N) is 1. The van der Waals surface area contributed by atoms with Crippen LogP contribution in [0.4, 0.5) is 22.0 Å². The van der Waals surface area contributed by atoms with Crippen molar-refractivity contribution in [1.29, 1.82) is 0 Å². The number of rotatable bonds is 5. The number of hydrogen-bond acceptors (Lipinski definition) is 7. The number of fused-ring (bicyclic) bond motifs is 1. The predicted molar refractivity (Wildman–Crippen MR) is 144 cm³/mol. The highest BCUT2D eigenvalue weighted by molar-refractivity contribution is 9.10. The summed E-state index contributed by atoms with van der Waals surface area (Å²) in [5.74, 6) is 1.08. The molecule has 3 aromatic rings. The third-order valence-electron chi connectivity index (χ3n) is 6.32. The van der Waals surface area contributed by atoms with Crippen molar-refractivity contribution in [3.8, 4) is 0 Å². The van der Waals surface area contributed by atoms with Crippen molar-refractivity contribution in [2.45, 2.75) is 39.2 Å². The minimum atomic E-state index is -0.502. The number of anilines is 3. The van der Waals surface area contributed by atoms with E-state index in [2.05, 4.69) is 36.1 Å². The van der Waals surface area contributed by atoms with Crippen molar-refractivity contribution < 1.29 is 14.3 Å². The van der Waals surface area contributed by atoms with Crippen LogP contribution >= 0.6 is 15.9 Å². The molecule has 1 aliphatic carbocycles. The van der Waals surface area contributed by atoms with Crippen LogP contribution in [0.5, 0.6) is 0 Å². The SMILES string of the molecule is CC(C)(C)OC(=O)N1CCN(c2ccc(Nc3c(C(=O)C4CC4)cnc4ccc(Br)cc34)cn2)CC1. The Labute approximate surface area is 219 Å². The zero-order valence-electron chi connectivity index (χ0n) is 20.8. The van der Waals surface area contributed by atoms with E-state index in [1.54, 1.807) is 17.3 Å². The van der Waals surface area contributed by atoms with E-state index in [-0.39, 0.29) is 17.8 Å². The maximum atomic E-state index is 13.0. The van der Waals surface area contributed by atoms with Crippen LogP contribution in [0.2, 0.25) is 0 Å². The van der Waals surface area contributed by atoms with Gasteiger partial charge in [-0.2, -0.15) is 0 Å². The number of nitrogens with zero attached hydrogens (tertiary/aromatic N) is 4. The maximum Gasteiger partial charge on any atom is 0.410 e. The van der Waals surface area contributed by atoms with Gasteiger partial charge in [0, 0.05) is 48.2 Å². The Kier molecular flexibility index (Phi) is 6.59. The maximum absolute atomic E-state index is 13.0. The Morgan fingerprint density at radius 2 is 1.78 bits per heavy atom. The fourth-order valence-corrected chi connectivity index (χ4v) is 4.65. The smallest absolute Gasteiger partial charge is 0.410 e. The van der Waals surface area contributed by atoms with Crippen molar-refractivity contribution in [3.63, 3.8) is 0 Å². The number of carbonyl (C=O) groups is 2. The van der Waals surface area contributed by atoms with Gasteiger partial charge in [-0.05, 0) is 63.9 Å². The van der Waals surface area contributed by atoms with Gasteiger partial charge in [0.1, 0.15) is 11.4 Å². The van der Waals surface area contributed by atoms with E-state index in [4.69, 9.17) is 4.74 Å². The molecule has 0 unspecified atom stereocenters. The molecule has 0 spiro atoms. The number of aromatic nitrogens is 2. The largest absolute Gasteiger partial charge is 0.444 e. The van der Waals surface area contributed by atoms with Gasteiger partial charge in [0.2, 0.25) is 0 Å². The molecule has 1 saturated carbocycles. The minimum absolute atomic E-state index is 0.0943. The standard InChI is InChI=1S/C27H30BrN5O3/c1-27(2,3)36-26(35)33-12-10-32(11-13-33)23-9-7-19(15-30-23)31-24-20-14-18(28)6-8-22(20)29-16-21(24)25(34)17-4-5-17/h6-9,14-17H,4-5,10-13H2,1-3H3,(H,29,31). The first-order valence-electron chi connectivity index (χ1n) is 12.3. The molecule has 0 atom stereocenters. The molecule has 8 nitrogen and oxygen atoms in total. The second-order valence-electron chi connectivity index (χ2n) is 10.3. The molecular weight excluding hydrogens is 522 g/mol. The number of piperazine rings is 1. The van der Waals surface area contributed by atoms with E-state index in [9.17, 15) is 9.59 Å². The third-order valence-corrected chi connectivity index (χ3v) is 6.81. The Hall–Kier alpha value is -3.20. The lowest BCUT2D eigenvalue weighted by Crippen LogP contribution is -2.50. The second kappa shape index (κ2) is 9.69. The van der Waals surface area contributed by atoms with Crippen LogP contribution in [0.1, 0.15) is 44.0 Å². The molecule has 1 aliphatic heterocycles. The van der Waals surface area contributed by atoms with Crippen LogP contribution in [0.3, 0.4) is 0 Å². The van der Waals surface area contributed by atoms with Crippen LogP contribution in [-0.4, -0.2) is 58.5 Å². The van der Waals surface area contributed by atoms with Gasteiger partial charge in [-0.1, -0.05) is 15.9 Å². The number of carbonyl (C=O) groups excluding carboxylic acids is 2. The average molecular weight is 552 g/mol. The van der Waals surface area contributed by atoms with Crippen molar-refractivity contribution >= 4 is 55.9 Å². The van der Waals surface area contributed by atoms with Gasteiger partial charge in [0.15, 0.2) is 5.78 Å². The molecule has 1 saturated heterocycles. The summed E-state index contributed by atoms with van der Waals surface area (Å²) in [6.45, 7) is 8.16.